The van der Waals surface area contributed by atoms with Crippen LogP contribution in [-0.2, 0) is 23.4 Å². The van der Waals surface area contributed by atoms with Crippen molar-refractivity contribution in [3.05, 3.63) is 10.6 Å². The zero-order valence-electron chi connectivity index (χ0n) is 12.7. The zero-order valence-corrected chi connectivity index (χ0v) is 15.2. The maximum Gasteiger partial charge on any atom is 0.339 e. The predicted octanol–water partition coefficient (Wildman–Crippen LogP) is -1.93. The van der Waals surface area contributed by atoms with Crippen LogP contribution in [0.5, 0.6) is 0 Å². The number of carbonyl (C=O) groups is 2. The molecule has 1 amide bonds. The van der Waals surface area contributed by atoms with Crippen molar-refractivity contribution in [3.8, 4) is 0 Å². The quantitative estimate of drug-likeness (QED) is 0.251. The number of amides is 1. The first-order chi connectivity index (χ1) is 11.5. The molecule has 2 rings (SSSR count). The summed E-state index contributed by atoms with van der Waals surface area (Å²) in [5, 5.41) is 31.1. The highest BCUT2D eigenvalue weighted by Crippen LogP contribution is 2.42. The van der Waals surface area contributed by atoms with Crippen molar-refractivity contribution < 1.29 is 43.6 Å². The molecule has 25 heavy (non-hydrogen) atoms. The molecule has 142 valence electrons. The molecule has 0 aliphatic carbocycles. The fourth-order valence-corrected chi connectivity index (χ4v) is 3.74. The summed E-state index contributed by atoms with van der Waals surface area (Å²) in [6.45, 7) is -0.630. The minimum atomic E-state index is -4.42. The Bertz CT molecular complexity index is 630. The number of nitrogens with two attached hydrogens (primary N) is 1. The van der Waals surface area contributed by atoms with Crippen LogP contribution in [0, 0.1) is 5.92 Å². The van der Waals surface area contributed by atoms with Gasteiger partial charge in [-0.1, -0.05) is 22.0 Å². The van der Waals surface area contributed by atoms with E-state index in [1.165, 1.54) is 6.08 Å². The highest BCUT2D eigenvalue weighted by atomic mass is 79.9. The maximum absolute atomic E-state index is 12.0. The second-order valence-corrected chi connectivity index (χ2v) is 8.43. The summed E-state index contributed by atoms with van der Waals surface area (Å²) in [7, 11) is -4.42. The molecule has 0 radical (unpaired) electrons. The summed E-state index contributed by atoms with van der Waals surface area (Å²) in [4.78, 5) is 31.9. The number of rotatable bonds is 6. The number of halogens is 1. The van der Waals surface area contributed by atoms with Crippen molar-refractivity contribution >= 4 is 35.4 Å². The average molecular weight is 445 g/mol. The van der Waals surface area contributed by atoms with Gasteiger partial charge >= 0.3 is 13.6 Å². The summed E-state index contributed by atoms with van der Waals surface area (Å²) < 4.78 is 22.0. The molecule has 0 bridgehead atoms. The van der Waals surface area contributed by atoms with Gasteiger partial charge in [0.25, 0.3) is 0 Å². The molecule has 0 spiro atoms. The van der Waals surface area contributed by atoms with Crippen LogP contribution in [-0.4, -0.2) is 75.4 Å². The van der Waals surface area contributed by atoms with Crippen LogP contribution < -0.4 is 11.1 Å². The van der Waals surface area contributed by atoms with E-state index in [9.17, 15) is 29.3 Å². The SMILES string of the molecule is NC1NC(=O)C([C@@H]2O[C@H](COP(=O)(O)CC(=O)O)[C@@H](O)[C@@H]2O)C=C1Br. The summed E-state index contributed by atoms with van der Waals surface area (Å²) in [6, 6.07) is 0. The van der Waals surface area contributed by atoms with E-state index in [0.717, 1.165) is 0 Å². The van der Waals surface area contributed by atoms with E-state index < -0.39 is 68.7 Å². The third kappa shape index (κ3) is 4.86. The van der Waals surface area contributed by atoms with Gasteiger partial charge in [0.05, 0.1) is 12.5 Å². The molecule has 2 aliphatic rings. The Balaban J connectivity index is 2.04. The lowest BCUT2D eigenvalue weighted by atomic mass is 9.93. The van der Waals surface area contributed by atoms with E-state index in [4.69, 9.17) is 15.6 Å². The molecule has 1 saturated heterocycles. The van der Waals surface area contributed by atoms with Gasteiger partial charge in [-0.25, -0.2) is 0 Å². The molecule has 11 nitrogen and oxygen atoms in total. The summed E-state index contributed by atoms with van der Waals surface area (Å²) in [5.74, 6) is -3.00. The van der Waals surface area contributed by atoms with Gasteiger partial charge in [0.15, 0.2) is 0 Å². The molecule has 1 fully saturated rings. The summed E-state index contributed by atoms with van der Waals surface area (Å²) in [6.07, 6.45) is -5.72. The molecule has 0 saturated carbocycles. The van der Waals surface area contributed by atoms with Crippen molar-refractivity contribution in [2.75, 3.05) is 12.8 Å². The molecule has 2 heterocycles. The lowest BCUT2D eigenvalue weighted by molar-refractivity contribution is -0.134. The number of carbonyl (C=O) groups excluding carboxylic acids is 1. The fourth-order valence-electron chi connectivity index (χ4n) is 2.53. The number of carboxylic acid groups (broad SMARTS) is 1. The largest absolute Gasteiger partial charge is 0.481 e. The second-order valence-electron chi connectivity index (χ2n) is 5.67. The third-order valence-corrected chi connectivity index (χ3v) is 5.75. The van der Waals surface area contributed by atoms with E-state index in [1.807, 2.05) is 0 Å². The van der Waals surface area contributed by atoms with E-state index in [-0.39, 0.29) is 0 Å². The monoisotopic (exact) mass is 444 g/mol. The molecule has 0 aromatic carbocycles. The van der Waals surface area contributed by atoms with Crippen molar-refractivity contribution in [2.24, 2.45) is 11.7 Å². The first-order valence-corrected chi connectivity index (χ1v) is 9.70. The van der Waals surface area contributed by atoms with Crippen molar-refractivity contribution in [1.29, 1.82) is 0 Å². The van der Waals surface area contributed by atoms with E-state index in [1.54, 1.807) is 0 Å². The number of carboxylic acids is 1. The van der Waals surface area contributed by atoms with Crippen molar-refractivity contribution in [2.45, 2.75) is 30.6 Å². The normalized spacial score (nSPS) is 38.0. The maximum atomic E-state index is 12.0. The number of nitrogens with one attached hydrogen (secondary N) is 1. The van der Waals surface area contributed by atoms with Gasteiger partial charge in [0, 0.05) is 4.48 Å². The average Bonchev–Trinajstić information content (AvgIpc) is 2.76. The van der Waals surface area contributed by atoms with Gasteiger partial charge in [-0.2, -0.15) is 0 Å². The molecule has 2 aliphatic heterocycles. The molecule has 0 aromatic rings. The van der Waals surface area contributed by atoms with Gasteiger partial charge in [-0.05, 0) is 0 Å². The molecule has 0 aromatic heterocycles. The van der Waals surface area contributed by atoms with Crippen LogP contribution in [0.25, 0.3) is 0 Å². The van der Waals surface area contributed by atoms with E-state index >= 15 is 0 Å². The van der Waals surface area contributed by atoms with Crippen molar-refractivity contribution in [3.63, 3.8) is 0 Å². The number of aliphatic hydroxyl groups excluding tert-OH is 2. The summed E-state index contributed by atoms with van der Waals surface area (Å²) in [5.41, 5.74) is 5.63. The Morgan fingerprint density at radius 3 is 2.68 bits per heavy atom. The van der Waals surface area contributed by atoms with Crippen LogP contribution in [0.3, 0.4) is 0 Å². The molecule has 7 N–H and O–H groups in total. The molecule has 13 heteroatoms. The Labute approximate surface area is 150 Å². The van der Waals surface area contributed by atoms with Crippen LogP contribution >= 0.6 is 23.5 Å². The topological polar surface area (TPSA) is 189 Å². The highest BCUT2D eigenvalue weighted by Gasteiger charge is 2.49. The third-order valence-electron chi connectivity index (χ3n) is 3.77. The van der Waals surface area contributed by atoms with Crippen LogP contribution in [0.2, 0.25) is 0 Å². The standard InChI is InChI=1S/C12H18BrN2O9P/c13-5-1-4(12(20)15-11(5)14)10-9(19)8(18)6(24-10)2-23-25(21,22)3-7(16)17/h1,4,6,8-11,18-19H,2-3,14H2,(H,15,20)(H,16,17)(H,21,22)/t4?,6-,8-,9+,10+,11?/m1/s1. The fraction of sp³-hybridized carbons (Fsp3) is 0.667. The van der Waals surface area contributed by atoms with Gasteiger partial charge in [0.1, 0.15) is 36.7 Å². The lowest BCUT2D eigenvalue weighted by Crippen LogP contribution is -2.52. The number of hydrogen-bond acceptors (Lipinski definition) is 8. The number of aliphatic carboxylic acids is 1. The minimum Gasteiger partial charge on any atom is -0.481 e. The summed E-state index contributed by atoms with van der Waals surface area (Å²) >= 11 is 3.17. The molecule has 7 atom stereocenters. The molecular formula is C12H18BrN2O9P. The van der Waals surface area contributed by atoms with E-state index in [0.29, 0.717) is 4.48 Å². The lowest BCUT2D eigenvalue weighted by Gasteiger charge is -2.29. The van der Waals surface area contributed by atoms with Gasteiger partial charge in [0.2, 0.25) is 5.91 Å². The van der Waals surface area contributed by atoms with E-state index in [2.05, 4.69) is 25.8 Å². The van der Waals surface area contributed by atoms with Crippen LogP contribution in [0.4, 0.5) is 0 Å². The van der Waals surface area contributed by atoms with Crippen molar-refractivity contribution in [1.82, 2.24) is 5.32 Å². The van der Waals surface area contributed by atoms with Crippen LogP contribution in [0.1, 0.15) is 0 Å². The Kier molecular flexibility index (Phi) is 6.39. The predicted molar refractivity (Wildman–Crippen MR) is 85.6 cm³/mol. The zero-order chi connectivity index (χ0) is 18.9. The number of ether oxygens (including phenoxy) is 1. The first-order valence-electron chi connectivity index (χ1n) is 7.15. The first kappa shape index (κ1) is 20.5. The molecular weight excluding hydrogens is 427 g/mol. The second kappa shape index (κ2) is 7.80. The molecule has 3 unspecified atom stereocenters. The van der Waals surface area contributed by atoms with Gasteiger partial charge < -0.3 is 40.5 Å². The number of aliphatic hydroxyl groups is 2. The highest BCUT2D eigenvalue weighted by molar-refractivity contribution is 9.11. The Morgan fingerprint density at radius 2 is 2.08 bits per heavy atom. The van der Waals surface area contributed by atoms with Gasteiger partial charge in [-0.3, -0.25) is 14.2 Å². The Hall–Kier alpha value is -0.850. The number of hydrogen-bond donors (Lipinski definition) is 6. The Morgan fingerprint density at radius 1 is 1.44 bits per heavy atom. The van der Waals surface area contributed by atoms with Gasteiger partial charge in [-0.15, -0.1) is 0 Å². The van der Waals surface area contributed by atoms with Crippen LogP contribution in [0.15, 0.2) is 10.6 Å². The smallest absolute Gasteiger partial charge is 0.339 e. The minimum absolute atomic E-state index is 0.461.